The fraction of sp³-hybridized carbons (Fsp3) is 0.941. The molecule has 2 saturated carbocycles. The summed E-state index contributed by atoms with van der Waals surface area (Å²) < 4.78 is 5.42. The summed E-state index contributed by atoms with van der Waals surface area (Å²) in [4.78, 5) is 15.2. The molecule has 4 heteroatoms. The lowest BCUT2D eigenvalue weighted by atomic mass is 9.84. The first-order valence-corrected chi connectivity index (χ1v) is 8.81. The van der Waals surface area contributed by atoms with Crippen LogP contribution in [0.5, 0.6) is 0 Å². The van der Waals surface area contributed by atoms with Crippen LogP contribution in [-0.2, 0) is 9.53 Å². The monoisotopic (exact) mass is 294 g/mol. The maximum atomic E-state index is 12.6. The Bertz CT molecular complexity index is 383. The molecule has 1 heterocycles. The van der Waals surface area contributed by atoms with Crippen molar-refractivity contribution in [1.29, 1.82) is 0 Å². The van der Waals surface area contributed by atoms with E-state index in [0.29, 0.717) is 18.6 Å². The molecule has 3 rings (SSSR count). The fourth-order valence-electron chi connectivity index (χ4n) is 4.60. The second-order valence-electron chi connectivity index (χ2n) is 7.09. The van der Waals surface area contributed by atoms with Crippen molar-refractivity contribution >= 4 is 5.97 Å². The van der Waals surface area contributed by atoms with Crippen LogP contribution in [0.15, 0.2) is 0 Å². The highest BCUT2D eigenvalue weighted by Gasteiger charge is 2.53. The number of hydrogen-bond donors (Lipinski definition) is 1. The minimum absolute atomic E-state index is 0.0331. The highest BCUT2D eigenvalue weighted by Crippen LogP contribution is 2.43. The van der Waals surface area contributed by atoms with Gasteiger partial charge in [0.05, 0.1) is 6.61 Å². The van der Waals surface area contributed by atoms with E-state index >= 15 is 0 Å². The van der Waals surface area contributed by atoms with Crippen molar-refractivity contribution in [3.8, 4) is 0 Å². The van der Waals surface area contributed by atoms with Gasteiger partial charge < -0.3 is 10.1 Å². The van der Waals surface area contributed by atoms with Crippen LogP contribution in [0.4, 0.5) is 0 Å². The lowest BCUT2D eigenvalue weighted by Crippen LogP contribution is -2.61. The number of esters is 1. The van der Waals surface area contributed by atoms with Crippen LogP contribution in [0.3, 0.4) is 0 Å². The average Bonchev–Trinajstić information content (AvgIpc) is 3.28. The second-order valence-corrected chi connectivity index (χ2v) is 7.09. The standard InChI is InChI=1S/C17H30N2O2/c1-3-21-16(20)17(18-2,14-8-9-14)12-19-11-10-13-6-4-5-7-15(13)19/h13-15,18H,3-12H2,1-2H3. The van der Waals surface area contributed by atoms with Crippen LogP contribution in [0.25, 0.3) is 0 Å². The Morgan fingerprint density at radius 1 is 1.24 bits per heavy atom. The third kappa shape index (κ3) is 2.85. The molecule has 0 amide bonds. The number of carbonyl (C=O) groups excluding carboxylic acids is 1. The minimum atomic E-state index is -0.470. The van der Waals surface area contributed by atoms with Crippen LogP contribution in [0.2, 0.25) is 0 Å². The van der Waals surface area contributed by atoms with Gasteiger partial charge in [-0.15, -0.1) is 0 Å². The van der Waals surface area contributed by atoms with Crippen LogP contribution < -0.4 is 5.32 Å². The number of hydrogen-bond acceptors (Lipinski definition) is 4. The molecule has 0 radical (unpaired) electrons. The Morgan fingerprint density at radius 2 is 2.00 bits per heavy atom. The highest BCUT2D eigenvalue weighted by molar-refractivity contribution is 5.82. The van der Waals surface area contributed by atoms with Crippen LogP contribution in [0.1, 0.15) is 51.9 Å². The van der Waals surface area contributed by atoms with E-state index in [9.17, 15) is 4.79 Å². The van der Waals surface area contributed by atoms with Gasteiger partial charge in [0, 0.05) is 12.6 Å². The van der Waals surface area contributed by atoms with Gasteiger partial charge in [0.1, 0.15) is 5.54 Å². The van der Waals surface area contributed by atoms with Crippen molar-refractivity contribution in [2.75, 3.05) is 26.7 Å². The average molecular weight is 294 g/mol. The number of carbonyl (C=O) groups is 1. The summed E-state index contributed by atoms with van der Waals surface area (Å²) in [5.41, 5.74) is -0.470. The number of nitrogens with zero attached hydrogens (tertiary/aromatic N) is 1. The molecule has 0 aromatic rings. The molecule has 1 N–H and O–H groups in total. The van der Waals surface area contributed by atoms with Crippen molar-refractivity contribution in [2.24, 2.45) is 11.8 Å². The zero-order valence-corrected chi connectivity index (χ0v) is 13.6. The predicted molar refractivity (Wildman–Crippen MR) is 83.1 cm³/mol. The van der Waals surface area contributed by atoms with E-state index in [1.807, 2.05) is 14.0 Å². The first-order chi connectivity index (χ1) is 10.2. The molecule has 4 nitrogen and oxygen atoms in total. The predicted octanol–water partition coefficient (Wildman–Crippen LogP) is 2.18. The zero-order valence-electron chi connectivity index (χ0n) is 13.6. The van der Waals surface area contributed by atoms with Gasteiger partial charge in [-0.05, 0) is 64.5 Å². The third-order valence-electron chi connectivity index (χ3n) is 5.94. The topological polar surface area (TPSA) is 41.6 Å². The molecular formula is C17H30N2O2. The summed E-state index contributed by atoms with van der Waals surface area (Å²) in [5.74, 6) is 1.30. The van der Waals surface area contributed by atoms with Gasteiger partial charge in [-0.1, -0.05) is 12.8 Å². The number of ether oxygens (including phenoxy) is 1. The Labute approximate surface area is 128 Å². The second kappa shape index (κ2) is 6.25. The summed E-state index contributed by atoms with van der Waals surface area (Å²) in [5, 5.41) is 3.37. The number of likely N-dealkylation sites (tertiary alicyclic amines) is 1. The van der Waals surface area contributed by atoms with Crippen LogP contribution >= 0.6 is 0 Å². The summed E-state index contributed by atoms with van der Waals surface area (Å²) in [6.45, 7) is 4.37. The number of rotatable bonds is 6. The van der Waals surface area contributed by atoms with Gasteiger partial charge >= 0.3 is 5.97 Å². The van der Waals surface area contributed by atoms with Crippen molar-refractivity contribution in [2.45, 2.75) is 63.5 Å². The Hall–Kier alpha value is -0.610. The van der Waals surface area contributed by atoms with E-state index in [-0.39, 0.29) is 5.97 Å². The molecule has 0 bridgehead atoms. The molecule has 1 saturated heterocycles. The highest BCUT2D eigenvalue weighted by atomic mass is 16.5. The first-order valence-electron chi connectivity index (χ1n) is 8.81. The summed E-state index contributed by atoms with van der Waals surface area (Å²) in [6, 6.07) is 0.708. The molecule has 0 aromatic carbocycles. The molecule has 3 aliphatic rings. The molecule has 3 unspecified atom stereocenters. The largest absolute Gasteiger partial charge is 0.465 e. The van der Waals surface area contributed by atoms with Gasteiger partial charge in [-0.25, -0.2) is 4.79 Å². The minimum Gasteiger partial charge on any atom is -0.465 e. The molecule has 1 aliphatic heterocycles. The molecule has 3 fully saturated rings. The molecule has 3 atom stereocenters. The maximum absolute atomic E-state index is 12.6. The Kier molecular flexibility index (Phi) is 4.55. The Morgan fingerprint density at radius 3 is 2.67 bits per heavy atom. The summed E-state index contributed by atoms with van der Waals surface area (Å²) >= 11 is 0. The molecule has 0 aromatic heterocycles. The van der Waals surface area contributed by atoms with E-state index in [1.165, 1.54) is 32.1 Å². The molecule has 120 valence electrons. The first kappa shape index (κ1) is 15.3. The van der Waals surface area contributed by atoms with Gasteiger partial charge in [-0.2, -0.15) is 0 Å². The maximum Gasteiger partial charge on any atom is 0.327 e. The molecule has 21 heavy (non-hydrogen) atoms. The van der Waals surface area contributed by atoms with Gasteiger partial charge in [0.15, 0.2) is 0 Å². The van der Waals surface area contributed by atoms with Gasteiger partial charge in [0.25, 0.3) is 0 Å². The smallest absolute Gasteiger partial charge is 0.327 e. The molecular weight excluding hydrogens is 264 g/mol. The summed E-state index contributed by atoms with van der Waals surface area (Å²) in [6.07, 6.45) is 9.08. The van der Waals surface area contributed by atoms with E-state index in [2.05, 4.69) is 10.2 Å². The lowest BCUT2D eigenvalue weighted by Gasteiger charge is -2.39. The summed E-state index contributed by atoms with van der Waals surface area (Å²) in [7, 11) is 1.93. The number of likely N-dealkylation sites (N-methyl/N-ethyl adjacent to an activating group) is 1. The fourth-order valence-corrected chi connectivity index (χ4v) is 4.60. The quantitative estimate of drug-likeness (QED) is 0.763. The van der Waals surface area contributed by atoms with Gasteiger partial charge in [-0.3, -0.25) is 4.90 Å². The van der Waals surface area contributed by atoms with E-state index in [0.717, 1.165) is 31.8 Å². The van der Waals surface area contributed by atoms with Crippen molar-refractivity contribution < 1.29 is 9.53 Å². The molecule has 0 spiro atoms. The van der Waals surface area contributed by atoms with E-state index in [4.69, 9.17) is 4.74 Å². The SMILES string of the molecule is CCOC(=O)C(CN1CCC2CCCCC21)(NC)C1CC1. The number of fused-ring (bicyclic) bond motifs is 1. The van der Waals surface area contributed by atoms with E-state index in [1.54, 1.807) is 0 Å². The molecule has 2 aliphatic carbocycles. The lowest BCUT2D eigenvalue weighted by molar-refractivity contribution is -0.153. The number of nitrogens with one attached hydrogen (secondary N) is 1. The van der Waals surface area contributed by atoms with Crippen molar-refractivity contribution in [3.05, 3.63) is 0 Å². The van der Waals surface area contributed by atoms with E-state index < -0.39 is 5.54 Å². The zero-order chi connectivity index (χ0) is 14.9. The normalized spacial score (nSPS) is 32.5. The van der Waals surface area contributed by atoms with Gasteiger partial charge in [0.2, 0.25) is 0 Å². The van der Waals surface area contributed by atoms with Crippen LogP contribution in [-0.4, -0.2) is 49.2 Å². The van der Waals surface area contributed by atoms with Crippen molar-refractivity contribution in [3.63, 3.8) is 0 Å². The van der Waals surface area contributed by atoms with Crippen molar-refractivity contribution in [1.82, 2.24) is 10.2 Å². The Balaban J connectivity index is 1.73. The van der Waals surface area contributed by atoms with Crippen LogP contribution in [0, 0.1) is 11.8 Å². The third-order valence-corrected chi connectivity index (χ3v) is 5.94.